The molecule has 11 nitrogen and oxygen atoms in total. The molecule has 136 valence electrons. The number of carbonyl (C=O) groups excluding carboxylic acids is 1. The van der Waals surface area contributed by atoms with Crippen LogP contribution in [0.4, 0.5) is 0 Å². The Bertz CT molecular complexity index is 902. The van der Waals surface area contributed by atoms with Gasteiger partial charge < -0.3 is 9.84 Å². The number of carbonyl (C=O) groups is 2. The molecule has 1 aromatic carbocycles. The van der Waals surface area contributed by atoms with Gasteiger partial charge in [-0.2, -0.15) is 8.42 Å². The van der Waals surface area contributed by atoms with Crippen LogP contribution in [-0.2, 0) is 15.1 Å². The van der Waals surface area contributed by atoms with E-state index in [9.17, 15) is 14.4 Å². The second-order valence-corrected chi connectivity index (χ2v) is 5.24. The fourth-order valence-electron chi connectivity index (χ4n) is 1.67. The lowest BCUT2D eigenvalue weighted by Gasteiger charge is -2.01. The molecule has 0 bridgehead atoms. The van der Waals surface area contributed by atoms with Crippen molar-refractivity contribution in [3.8, 4) is 5.69 Å². The van der Waals surface area contributed by atoms with Gasteiger partial charge >= 0.3 is 22.3 Å². The van der Waals surface area contributed by atoms with Gasteiger partial charge in [0.25, 0.3) is 5.56 Å². The summed E-state index contributed by atoms with van der Waals surface area (Å²) in [7, 11) is -4.67. The van der Waals surface area contributed by atoms with E-state index in [1.165, 1.54) is 30.5 Å². The molecule has 0 amide bonds. The Kier molecular flexibility index (Phi) is 6.61. The molecule has 1 heterocycles. The van der Waals surface area contributed by atoms with Gasteiger partial charge in [0.05, 0.1) is 17.9 Å². The highest BCUT2D eigenvalue weighted by Gasteiger charge is 2.16. The van der Waals surface area contributed by atoms with Crippen molar-refractivity contribution in [2.75, 3.05) is 6.61 Å². The zero-order valence-electron chi connectivity index (χ0n) is 12.7. The maximum atomic E-state index is 12.0. The van der Waals surface area contributed by atoms with Crippen molar-refractivity contribution in [1.29, 1.82) is 0 Å². The minimum Gasteiger partial charge on any atom is -0.478 e. The monoisotopic (exact) mass is 374 g/mol. The summed E-state index contributed by atoms with van der Waals surface area (Å²) in [5, 5.41) is 11.4. The first-order valence-corrected chi connectivity index (χ1v) is 7.95. The van der Waals surface area contributed by atoms with Gasteiger partial charge in [0.2, 0.25) is 0 Å². The first kappa shape index (κ1) is 20.1. The number of rotatable bonds is 4. The van der Waals surface area contributed by atoms with Crippen LogP contribution in [0.2, 0.25) is 0 Å². The third kappa shape index (κ3) is 6.21. The number of nitrogens with one attached hydrogen (secondary N) is 1. The maximum absolute atomic E-state index is 12.0. The van der Waals surface area contributed by atoms with Crippen LogP contribution in [0.15, 0.2) is 35.3 Å². The molecule has 1 aromatic heterocycles. The summed E-state index contributed by atoms with van der Waals surface area (Å²) in [5.41, 5.74) is -0.116. The van der Waals surface area contributed by atoms with Gasteiger partial charge in [-0.15, -0.1) is 0 Å². The van der Waals surface area contributed by atoms with Crippen molar-refractivity contribution < 1.29 is 37.0 Å². The molecule has 0 aliphatic rings. The minimum absolute atomic E-state index is 0.103. The quantitative estimate of drug-likeness (QED) is 0.435. The Balaban J connectivity index is 0.000000550. The molecule has 0 spiro atoms. The SMILES string of the molecule is CCOC(=O)c1c[nH]n(-c2ccc(C(=O)O)cc2)c1=O.O=S(=O)(O)O. The Morgan fingerprint density at radius 1 is 1.20 bits per heavy atom. The number of aromatic carboxylic acids is 1. The molecule has 0 saturated carbocycles. The fourth-order valence-corrected chi connectivity index (χ4v) is 1.67. The van der Waals surface area contributed by atoms with Crippen LogP contribution in [-0.4, -0.2) is 51.0 Å². The number of aromatic nitrogens is 2. The lowest BCUT2D eigenvalue weighted by molar-refractivity contribution is 0.0524. The highest BCUT2D eigenvalue weighted by atomic mass is 32.3. The molecule has 0 atom stereocenters. The molecule has 0 aliphatic carbocycles. The second-order valence-electron chi connectivity index (χ2n) is 4.35. The van der Waals surface area contributed by atoms with E-state index in [0.717, 1.165) is 4.68 Å². The zero-order chi connectivity index (χ0) is 19.2. The number of ether oxygens (including phenoxy) is 1. The molecule has 0 radical (unpaired) electrons. The Morgan fingerprint density at radius 3 is 2.16 bits per heavy atom. The topological polar surface area (TPSA) is 176 Å². The molecule has 0 saturated heterocycles. The highest BCUT2D eigenvalue weighted by Crippen LogP contribution is 2.08. The molecule has 0 unspecified atom stereocenters. The summed E-state index contributed by atoms with van der Waals surface area (Å²) in [6.45, 7) is 1.82. The number of carboxylic acid groups (broad SMARTS) is 1. The average molecular weight is 374 g/mol. The Morgan fingerprint density at radius 2 is 1.72 bits per heavy atom. The molecule has 4 N–H and O–H groups in total. The first-order chi connectivity index (χ1) is 11.5. The molecule has 12 heteroatoms. The average Bonchev–Trinajstić information content (AvgIpc) is 2.87. The molecule has 0 aliphatic heterocycles. The number of benzene rings is 1. The summed E-state index contributed by atoms with van der Waals surface area (Å²) in [6.07, 6.45) is 1.26. The molecule has 25 heavy (non-hydrogen) atoms. The van der Waals surface area contributed by atoms with E-state index in [4.69, 9.17) is 27.4 Å². The molecular weight excluding hydrogens is 360 g/mol. The highest BCUT2D eigenvalue weighted by molar-refractivity contribution is 7.79. The minimum atomic E-state index is -4.67. The predicted octanol–water partition coefficient (Wildman–Crippen LogP) is 0.388. The molecular formula is C13H14N2O9S. The largest absolute Gasteiger partial charge is 0.478 e. The van der Waals surface area contributed by atoms with Crippen LogP contribution in [0.3, 0.4) is 0 Å². The van der Waals surface area contributed by atoms with Crippen LogP contribution in [0.1, 0.15) is 27.6 Å². The first-order valence-electron chi connectivity index (χ1n) is 6.55. The van der Waals surface area contributed by atoms with Gasteiger partial charge in [-0.1, -0.05) is 0 Å². The number of hydrogen-bond acceptors (Lipinski definition) is 6. The van der Waals surface area contributed by atoms with Crippen molar-refractivity contribution in [2.45, 2.75) is 6.92 Å². The van der Waals surface area contributed by atoms with Crippen molar-refractivity contribution in [2.24, 2.45) is 0 Å². The summed E-state index contributed by atoms with van der Waals surface area (Å²) in [6, 6.07) is 5.68. The Hall–Kier alpha value is -2.96. The van der Waals surface area contributed by atoms with Gasteiger partial charge in [0.15, 0.2) is 0 Å². The van der Waals surface area contributed by atoms with Crippen molar-refractivity contribution >= 4 is 22.3 Å². The second kappa shape index (κ2) is 8.23. The lowest BCUT2D eigenvalue weighted by Crippen LogP contribution is -2.21. The van der Waals surface area contributed by atoms with E-state index in [1.807, 2.05) is 0 Å². The van der Waals surface area contributed by atoms with E-state index in [0.29, 0.717) is 5.69 Å². The van der Waals surface area contributed by atoms with E-state index in [2.05, 4.69) is 5.10 Å². The van der Waals surface area contributed by atoms with Crippen LogP contribution in [0.5, 0.6) is 0 Å². The van der Waals surface area contributed by atoms with E-state index < -0.39 is 27.9 Å². The van der Waals surface area contributed by atoms with Crippen LogP contribution < -0.4 is 5.56 Å². The van der Waals surface area contributed by atoms with Crippen molar-refractivity contribution in [3.63, 3.8) is 0 Å². The maximum Gasteiger partial charge on any atom is 0.394 e. The van der Waals surface area contributed by atoms with Crippen LogP contribution in [0.25, 0.3) is 5.69 Å². The van der Waals surface area contributed by atoms with Crippen molar-refractivity contribution in [3.05, 3.63) is 51.9 Å². The molecule has 0 fully saturated rings. The smallest absolute Gasteiger partial charge is 0.394 e. The number of hydrogen-bond donors (Lipinski definition) is 4. The number of esters is 1. The predicted molar refractivity (Wildman–Crippen MR) is 83.5 cm³/mol. The van der Waals surface area contributed by atoms with Gasteiger partial charge in [-0.25, -0.2) is 14.3 Å². The summed E-state index contributed by atoms with van der Waals surface area (Å²) in [4.78, 5) is 34.3. The van der Waals surface area contributed by atoms with Gasteiger partial charge in [0.1, 0.15) is 5.56 Å². The van der Waals surface area contributed by atoms with Crippen LogP contribution >= 0.6 is 0 Å². The zero-order valence-corrected chi connectivity index (χ0v) is 13.6. The number of H-pyrrole nitrogens is 1. The van der Waals surface area contributed by atoms with Gasteiger partial charge in [-0.3, -0.25) is 19.0 Å². The Labute approximate surface area is 141 Å². The van der Waals surface area contributed by atoms with Gasteiger partial charge in [0, 0.05) is 6.20 Å². The number of carboxylic acids is 1. The summed E-state index contributed by atoms with van der Waals surface area (Å²) >= 11 is 0. The van der Waals surface area contributed by atoms with Gasteiger partial charge in [-0.05, 0) is 31.2 Å². The number of aromatic amines is 1. The lowest BCUT2D eigenvalue weighted by atomic mass is 10.2. The summed E-state index contributed by atoms with van der Waals surface area (Å²) in [5.74, 6) is -1.75. The third-order valence-electron chi connectivity index (χ3n) is 2.64. The number of nitrogens with zero attached hydrogens (tertiary/aromatic N) is 1. The standard InChI is InChI=1S/C13H12N2O5.H2O4S/c1-2-20-13(19)10-7-14-15(11(10)16)9-5-3-8(4-6-9)12(17)18;1-5(2,3)4/h3-7,14H,2H2,1H3,(H,17,18);(H2,1,2,3,4). The molecule has 2 rings (SSSR count). The fraction of sp³-hybridized carbons (Fsp3) is 0.154. The molecule has 2 aromatic rings. The summed E-state index contributed by atoms with van der Waals surface area (Å²) < 4.78 is 37.5. The van der Waals surface area contributed by atoms with E-state index >= 15 is 0 Å². The van der Waals surface area contributed by atoms with Crippen LogP contribution in [0, 0.1) is 0 Å². The van der Waals surface area contributed by atoms with E-state index in [-0.39, 0.29) is 17.7 Å². The van der Waals surface area contributed by atoms with E-state index in [1.54, 1.807) is 6.92 Å². The van der Waals surface area contributed by atoms with Crippen molar-refractivity contribution in [1.82, 2.24) is 9.78 Å². The normalized spacial score (nSPS) is 10.5. The third-order valence-corrected chi connectivity index (χ3v) is 2.64.